The van der Waals surface area contributed by atoms with Crippen molar-refractivity contribution in [3.63, 3.8) is 0 Å². The van der Waals surface area contributed by atoms with Crippen molar-refractivity contribution < 1.29 is 56.9 Å². The molecule has 0 unspecified atom stereocenters. The molecule has 2 N–H and O–H groups in total. The zero-order chi connectivity index (χ0) is 25.8. The molecule has 4 aromatic carbocycles. The van der Waals surface area contributed by atoms with Crippen molar-refractivity contribution in [1.82, 2.24) is 0 Å². The van der Waals surface area contributed by atoms with Gasteiger partial charge < -0.3 is 1.43 Å². The molecular weight excluding hydrogens is 519 g/mol. The molecule has 0 saturated heterocycles. The third-order valence-corrected chi connectivity index (χ3v) is 7.25. The molecule has 4 rings (SSSR count). The molecule has 0 aliphatic heterocycles. The summed E-state index contributed by atoms with van der Waals surface area (Å²) in [5.41, 5.74) is 3.67. The Morgan fingerprint density at radius 3 is 1.49 bits per heavy atom. The van der Waals surface area contributed by atoms with Gasteiger partial charge in [0.2, 0.25) is 0 Å². The van der Waals surface area contributed by atoms with Gasteiger partial charge in [0, 0.05) is 5.56 Å². The van der Waals surface area contributed by atoms with E-state index in [4.69, 9.17) is 0 Å². The molecule has 0 bridgehead atoms. The molecule has 0 aliphatic carbocycles. The summed E-state index contributed by atoms with van der Waals surface area (Å²) in [6.07, 6.45) is 6.94. The van der Waals surface area contributed by atoms with E-state index in [9.17, 15) is 25.9 Å². The summed E-state index contributed by atoms with van der Waals surface area (Å²) in [6, 6.07) is 27.2. The fourth-order valence-corrected chi connectivity index (χ4v) is 4.91. The first kappa shape index (κ1) is 28.7. The predicted molar refractivity (Wildman–Crippen MR) is 143 cm³/mol. The zero-order valence-electron chi connectivity index (χ0n) is 20.9. The first-order chi connectivity index (χ1) is 17.1. The van der Waals surface area contributed by atoms with Crippen LogP contribution >= 0.6 is 0 Å². The number of hydrogen-bond donors (Lipinski definition) is 2. The molecular formula is C28H23NaO6S2. The normalized spacial score (nSPS) is 12.1. The molecule has 0 heterocycles. The average Bonchev–Trinajstić information content (AvgIpc) is 2.86. The predicted octanol–water partition coefficient (Wildman–Crippen LogP) is 3.30. The van der Waals surface area contributed by atoms with E-state index >= 15 is 0 Å². The summed E-state index contributed by atoms with van der Waals surface area (Å²) in [7, 11) is -8.94. The first-order valence-corrected chi connectivity index (χ1v) is 13.7. The molecule has 37 heavy (non-hydrogen) atoms. The van der Waals surface area contributed by atoms with Crippen LogP contribution in [0.2, 0.25) is 0 Å². The molecule has 0 atom stereocenters. The van der Waals surface area contributed by atoms with Crippen molar-refractivity contribution in [1.29, 1.82) is 0 Å². The molecule has 9 heteroatoms. The Morgan fingerprint density at radius 2 is 1.03 bits per heavy atom. The van der Waals surface area contributed by atoms with Crippen molar-refractivity contribution in [3.8, 4) is 11.1 Å². The monoisotopic (exact) mass is 542 g/mol. The van der Waals surface area contributed by atoms with Crippen LogP contribution in [0.3, 0.4) is 0 Å². The SMILES string of the molecule is O=S(=O)(O)c1ccc(-c2ccc(S(=O)(=O)O)c(C=Cc3ccccc3)c2C=Cc2ccccc2)cc1.[H-].[Na+]. The van der Waals surface area contributed by atoms with Crippen LogP contribution in [-0.2, 0) is 20.2 Å². The second-order valence-electron chi connectivity index (χ2n) is 7.90. The van der Waals surface area contributed by atoms with Gasteiger partial charge in [-0.2, -0.15) is 16.8 Å². The summed E-state index contributed by atoms with van der Waals surface area (Å²) < 4.78 is 66.9. The third kappa shape index (κ3) is 7.37. The summed E-state index contributed by atoms with van der Waals surface area (Å²) in [6.45, 7) is 0. The third-order valence-electron chi connectivity index (χ3n) is 5.47. The summed E-state index contributed by atoms with van der Waals surface area (Å²) in [5, 5.41) is 0. The summed E-state index contributed by atoms with van der Waals surface area (Å²) >= 11 is 0. The molecule has 0 amide bonds. The van der Waals surface area contributed by atoms with E-state index in [2.05, 4.69) is 0 Å². The van der Waals surface area contributed by atoms with Gasteiger partial charge in [0.15, 0.2) is 0 Å². The molecule has 0 aliphatic rings. The quantitative estimate of drug-likeness (QED) is 0.211. The second kappa shape index (κ2) is 12.1. The average molecular weight is 543 g/mol. The topological polar surface area (TPSA) is 109 Å². The van der Waals surface area contributed by atoms with E-state index in [0.29, 0.717) is 16.7 Å². The van der Waals surface area contributed by atoms with E-state index in [-0.39, 0.29) is 46.3 Å². The number of benzene rings is 4. The molecule has 184 valence electrons. The van der Waals surface area contributed by atoms with Crippen molar-refractivity contribution in [2.24, 2.45) is 0 Å². The van der Waals surface area contributed by atoms with Crippen molar-refractivity contribution in [3.05, 3.63) is 119 Å². The minimum atomic E-state index is -4.57. The maximum atomic E-state index is 12.3. The Balaban J connectivity index is 0.00000253. The van der Waals surface area contributed by atoms with Gasteiger partial charge in [-0.3, -0.25) is 9.11 Å². The Bertz CT molecular complexity index is 1650. The molecule has 4 aromatic rings. The molecule has 0 aromatic heterocycles. The zero-order valence-corrected chi connectivity index (χ0v) is 23.5. The van der Waals surface area contributed by atoms with Gasteiger partial charge in [-0.15, -0.1) is 0 Å². The van der Waals surface area contributed by atoms with Gasteiger partial charge in [0.1, 0.15) is 4.90 Å². The van der Waals surface area contributed by atoms with E-state index in [0.717, 1.165) is 11.1 Å². The Morgan fingerprint density at radius 1 is 0.541 bits per heavy atom. The molecule has 6 nitrogen and oxygen atoms in total. The Labute approximate surface area is 240 Å². The largest absolute Gasteiger partial charge is 1.00 e. The fourth-order valence-electron chi connectivity index (χ4n) is 3.74. The van der Waals surface area contributed by atoms with Gasteiger partial charge in [-0.25, -0.2) is 0 Å². The van der Waals surface area contributed by atoms with Crippen LogP contribution in [0.5, 0.6) is 0 Å². The number of rotatable bonds is 7. The Kier molecular flexibility index (Phi) is 9.44. The first-order valence-electron chi connectivity index (χ1n) is 10.8. The molecule has 0 fully saturated rings. The molecule has 0 spiro atoms. The van der Waals surface area contributed by atoms with Gasteiger partial charge in [0.05, 0.1) is 4.90 Å². The fraction of sp³-hybridized carbons (Fsp3) is 0. The van der Waals surface area contributed by atoms with Crippen LogP contribution in [0.4, 0.5) is 0 Å². The van der Waals surface area contributed by atoms with Crippen LogP contribution in [-0.4, -0.2) is 25.9 Å². The van der Waals surface area contributed by atoms with Gasteiger partial charge in [-0.1, -0.05) is 103 Å². The number of hydrogen-bond acceptors (Lipinski definition) is 4. The van der Waals surface area contributed by atoms with Gasteiger partial charge in [0.25, 0.3) is 20.2 Å². The van der Waals surface area contributed by atoms with Crippen LogP contribution < -0.4 is 29.6 Å². The minimum absolute atomic E-state index is 0. The smallest absolute Gasteiger partial charge is 1.00 e. The van der Waals surface area contributed by atoms with Crippen LogP contribution in [0.25, 0.3) is 35.4 Å². The summed E-state index contributed by atoms with van der Waals surface area (Å²) in [4.78, 5) is -0.521. The molecule has 0 radical (unpaired) electrons. The van der Waals surface area contributed by atoms with Crippen molar-refractivity contribution in [2.75, 3.05) is 0 Å². The Hall–Kier alpha value is -2.82. The van der Waals surface area contributed by atoms with E-state index in [1.165, 1.54) is 30.3 Å². The van der Waals surface area contributed by atoms with E-state index < -0.39 is 20.2 Å². The maximum absolute atomic E-state index is 12.3. The molecule has 0 saturated carbocycles. The van der Waals surface area contributed by atoms with Gasteiger partial charge in [-0.05, 0) is 46.0 Å². The van der Waals surface area contributed by atoms with Crippen LogP contribution in [0.1, 0.15) is 23.7 Å². The van der Waals surface area contributed by atoms with Crippen LogP contribution in [0, 0.1) is 0 Å². The van der Waals surface area contributed by atoms with E-state index in [1.807, 2.05) is 66.7 Å². The summed E-state index contributed by atoms with van der Waals surface area (Å²) in [5.74, 6) is 0. The second-order valence-corrected chi connectivity index (χ2v) is 10.7. The van der Waals surface area contributed by atoms with Crippen molar-refractivity contribution >= 4 is 44.5 Å². The standard InChI is InChI=1S/C28H22O6S2.Na.H/c29-35(30,31)24-15-13-23(14-16-24)25-19-20-28(36(32,33)34)27(18-12-22-9-5-2-6-10-22)26(25)17-11-21-7-3-1-4-8-21;;/h1-20H,(H,29,30,31)(H,32,33,34);;/q;+1;-1. The minimum Gasteiger partial charge on any atom is -1.00 e. The van der Waals surface area contributed by atoms with Crippen molar-refractivity contribution in [2.45, 2.75) is 9.79 Å². The van der Waals surface area contributed by atoms with Gasteiger partial charge >= 0.3 is 29.6 Å². The van der Waals surface area contributed by atoms with E-state index in [1.54, 1.807) is 24.3 Å². The maximum Gasteiger partial charge on any atom is 1.00 e. The van der Waals surface area contributed by atoms with Crippen LogP contribution in [0.15, 0.2) is 107 Å².